The van der Waals surface area contributed by atoms with E-state index in [-0.39, 0.29) is 24.2 Å². The number of nitrogens with one attached hydrogen (secondary N) is 2. The van der Waals surface area contributed by atoms with Crippen molar-refractivity contribution in [1.82, 2.24) is 4.90 Å². The molecule has 1 saturated heterocycles. The van der Waals surface area contributed by atoms with Crippen molar-refractivity contribution >= 4 is 29.1 Å². The Morgan fingerprint density at radius 3 is 2.46 bits per heavy atom. The van der Waals surface area contributed by atoms with Crippen LogP contribution in [0.25, 0.3) is 0 Å². The highest BCUT2D eigenvalue weighted by molar-refractivity contribution is 6.33. The molecule has 8 heteroatoms. The van der Waals surface area contributed by atoms with E-state index in [1.807, 2.05) is 6.07 Å². The quantitative estimate of drug-likeness (QED) is 0.758. The van der Waals surface area contributed by atoms with Crippen LogP contribution in [0.4, 0.5) is 10.1 Å². The first-order valence-corrected chi connectivity index (χ1v) is 9.43. The molecular weight excluding hydrogens is 385 g/mol. The molecule has 28 heavy (non-hydrogen) atoms. The highest BCUT2D eigenvalue weighted by atomic mass is 35.5. The number of halogens is 2. The van der Waals surface area contributed by atoms with Gasteiger partial charge in [0.2, 0.25) is 0 Å². The summed E-state index contributed by atoms with van der Waals surface area (Å²) < 4.78 is 18.3. The van der Waals surface area contributed by atoms with Crippen molar-refractivity contribution in [3.8, 4) is 5.75 Å². The van der Waals surface area contributed by atoms with Gasteiger partial charge in [-0.2, -0.15) is 0 Å². The fourth-order valence-electron chi connectivity index (χ4n) is 3.00. The summed E-state index contributed by atoms with van der Waals surface area (Å²) in [6.45, 7) is 2.70. The molecule has 0 unspecified atom stereocenters. The minimum Gasteiger partial charge on any atom is -0.484 e. The SMILES string of the molecule is O=C(C[NH+]1CCN(C(=O)COc2ccc(F)cc2)CC1)Nc1ccccc1Cl. The maximum Gasteiger partial charge on any atom is 0.279 e. The third-order valence-electron chi connectivity index (χ3n) is 4.56. The van der Waals surface area contributed by atoms with Crippen LogP contribution < -0.4 is 15.0 Å². The molecule has 2 N–H and O–H groups in total. The van der Waals surface area contributed by atoms with Gasteiger partial charge in [-0.05, 0) is 36.4 Å². The van der Waals surface area contributed by atoms with E-state index in [1.54, 1.807) is 23.1 Å². The minimum atomic E-state index is -0.351. The molecular formula is C20H22ClFN3O3+. The van der Waals surface area contributed by atoms with Gasteiger partial charge in [0.25, 0.3) is 11.8 Å². The molecule has 0 bridgehead atoms. The van der Waals surface area contributed by atoms with Crippen LogP contribution in [0.5, 0.6) is 5.75 Å². The minimum absolute atomic E-state index is 0.0893. The molecule has 1 heterocycles. The summed E-state index contributed by atoms with van der Waals surface area (Å²) in [7, 11) is 0. The van der Waals surface area contributed by atoms with Gasteiger partial charge in [0.1, 0.15) is 11.6 Å². The maximum atomic E-state index is 12.9. The van der Waals surface area contributed by atoms with E-state index < -0.39 is 0 Å². The smallest absolute Gasteiger partial charge is 0.279 e. The third-order valence-corrected chi connectivity index (χ3v) is 4.89. The first-order valence-electron chi connectivity index (χ1n) is 9.05. The summed E-state index contributed by atoms with van der Waals surface area (Å²) in [5, 5.41) is 3.32. The van der Waals surface area contributed by atoms with E-state index >= 15 is 0 Å². The topological polar surface area (TPSA) is 63.1 Å². The predicted octanol–water partition coefficient (Wildman–Crippen LogP) is 1.22. The number of quaternary nitrogens is 1. The van der Waals surface area contributed by atoms with Crippen molar-refractivity contribution in [1.29, 1.82) is 0 Å². The number of benzene rings is 2. The fourth-order valence-corrected chi connectivity index (χ4v) is 3.18. The lowest BCUT2D eigenvalue weighted by atomic mass is 10.3. The lowest BCUT2D eigenvalue weighted by Crippen LogP contribution is -3.15. The van der Waals surface area contributed by atoms with Gasteiger partial charge in [-0.25, -0.2) is 4.39 Å². The van der Waals surface area contributed by atoms with E-state index in [2.05, 4.69) is 5.32 Å². The molecule has 1 aliphatic heterocycles. The number of carbonyl (C=O) groups excluding carboxylic acids is 2. The zero-order valence-corrected chi connectivity index (χ0v) is 16.0. The summed E-state index contributed by atoms with van der Waals surface area (Å²) >= 11 is 6.05. The zero-order valence-electron chi connectivity index (χ0n) is 15.3. The number of ether oxygens (including phenoxy) is 1. The van der Waals surface area contributed by atoms with Crippen molar-refractivity contribution in [3.05, 3.63) is 59.4 Å². The molecule has 3 rings (SSSR count). The molecule has 2 amide bonds. The molecule has 6 nitrogen and oxygen atoms in total. The summed E-state index contributed by atoms with van der Waals surface area (Å²) in [5.74, 6) is -0.127. The van der Waals surface area contributed by atoms with Crippen LogP contribution in [0.2, 0.25) is 5.02 Å². The Balaban J connectivity index is 1.40. The van der Waals surface area contributed by atoms with Crippen LogP contribution >= 0.6 is 11.6 Å². The van der Waals surface area contributed by atoms with Crippen LogP contribution in [0.3, 0.4) is 0 Å². The monoisotopic (exact) mass is 406 g/mol. The molecule has 0 aliphatic carbocycles. The average Bonchev–Trinajstić information content (AvgIpc) is 2.69. The van der Waals surface area contributed by atoms with Crippen LogP contribution in [-0.4, -0.2) is 56.0 Å². The van der Waals surface area contributed by atoms with Crippen LogP contribution in [0, 0.1) is 5.82 Å². The normalized spacial score (nSPS) is 14.6. The van der Waals surface area contributed by atoms with Gasteiger partial charge in [-0.1, -0.05) is 23.7 Å². The fraction of sp³-hybridized carbons (Fsp3) is 0.300. The summed E-state index contributed by atoms with van der Waals surface area (Å²) in [4.78, 5) is 27.3. The van der Waals surface area contributed by atoms with Gasteiger partial charge in [0, 0.05) is 0 Å². The van der Waals surface area contributed by atoms with Gasteiger partial charge < -0.3 is 19.9 Å². The second-order valence-electron chi connectivity index (χ2n) is 6.58. The van der Waals surface area contributed by atoms with E-state index in [9.17, 15) is 14.0 Å². The van der Waals surface area contributed by atoms with Gasteiger partial charge in [-0.15, -0.1) is 0 Å². The standard InChI is InChI=1S/C20H21ClFN3O3/c21-17-3-1-2-4-18(17)23-19(26)13-24-9-11-25(12-10-24)20(27)14-28-16-7-5-15(22)6-8-16/h1-8H,9-14H2,(H,23,26)/p+1. The largest absolute Gasteiger partial charge is 0.484 e. The molecule has 0 aromatic heterocycles. The molecule has 0 radical (unpaired) electrons. The Bertz CT molecular complexity index is 824. The number of carbonyl (C=O) groups is 2. The van der Waals surface area contributed by atoms with Crippen LogP contribution in [0.1, 0.15) is 0 Å². The van der Waals surface area contributed by atoms with E-state index in [4.69, 9.17) is 16.3 Å². The van der Waals surface area contributed by atoms with Crippen molar-refractivity contribution in [2.75, 3.05) is 44.6 Å². The summed E-state index contributed by atoms with van der Waals surface area (Å²) in [5.41, 5.74) is 0.598. The number of nitrogens with zero attached hydrogens (tertiary/aromatic N) is 1. The van der Waals surface area contributed by atoms with Crippen LogP contribution in [-0.2, 0) is 9.59 Å². The molecule has 1 fully saturated rings. The predicted molar refractivity (Wildman–Crippen MR) is 104 cm³/mol. The van der Waals surface area contributed by atoms with E-state index in [0.717, 1.165) is 4.90 Å². The Morgan fingerprint density at radius 1 is 1.11 bits per heavy atom. The molecule has 148 valence electrons. The van der Waals surface area contributed by atoms with E-state index in [1.165, 1.54) is 24.3 Å². The van der Waals surface area contributed by atoms with E-state index in [0.29, 0.717) is 49.2 Å². The molecule has 2 aromatic carbocycles. The summed E-state index contributed by atoms with van der Waals surface area (Å²) in [6, 6.07) is 12.7. The van der Waals surface area contributed by atoms with Gasteiger partial charge in [0.05, 0.1) is 36.9 Å². The maximum absolute atomic E-state index is 12.9. The number of amides is 2. The summed E-state index contributed by atoms with van der Waals surface area (Å²) in [6.07, 6.45) is 0. The van der Waals surface area contributed by atoms with Crippen LogP contribution in [0.15, 0.2) is 48.5 Å². The van der Waals surface area contributed by atoms with Crippen molar-refractivity contribution in [2.24, 2.45) is 0 Å². The third kappa shape index (κ3) is 5.68. The zero-order chi connectivity index (χ0) is 19.9. The first kappa shape index (κ1) is 20.1. The Kier molecular flexibility index (Phi) is 6.84. The highest BCUT2D eigenvalue weighted by Crippen LogP contribution is 2.19. The molecule has 0 atom stereocenters. The second kappa shape index (κ2) is 9.52. The lowest BCUT2D eigenvalue weighted by Gasteiger charge is -2.31. The Morgan fingerprint density at radius 2 is 1.79 bits per heavy atom. The Labute approximate surface area is 167 Å². The number of hydrogen-bond acceptors (Lipinski definition) is 3. The lowest BCUT2D eigenvalue weighted by molar-refractivity contribution is -0.895. The number of anilines is 1. The molecule has 2 aromatic rings. The van der Waals surface area contributed by atoms with Crippen molar-refractivity contribution < 1.29 is 23.6 Å². The molecule has 0 saturated carbocycles. The van der Waals surface area contributed by atoms with Crippen molar-refractivity contribution in [2.45, 2.75) is 0 Å². The molecule has 1 aliphatic rings. The van der Waals surface area contributed by atoms with Gasteiger partial charge >= 0.3 is 0 Å². The van der Waals surface area contributed by atoms with Gasteiger partial charge in [0.15, 0.2) is 13.2 Å². The van der Waals surface area contributed by atoms with Crippen molar-refractivity contribution in [3.63, 3.8) is 0 Å². The number of hydrogen-bond donors (Lipinski definition) is 2. The van der Waals surface area contributed by atoms with Gasteiger partial charge in [-0.3, -0.25) is 9.59 Å². The second-order valence-corrected chi connectivity index (χ2v) is 6.99. The molecule has 0 spiro atoms. The average molecular weight is 407 g/mol. The first-order chi connectivity index (χ1) is 13.5. The Hall–Kier alpha value is -2.64. The number of para-hydroxylation sites is 1. The number of piperazine rings is 1. The highest BCUT2D eigenvalue weighted by Gasteiger charge is 2.25. The number of rotatable bonds is 6.